The molecule has 0 saturated carbocycles. The van der Waals surface area contributed by atoms with E-state index in [1.807, 2.05) is 42.1 Å². The standard InChI is InChI=1S/C28H21NO6/c1-29-14-16(20-12-18(33-2)6-8-22(20)29)11-24-27(32)19-7-9-23-26(28(19)35-24)21(13-25(31)34-23)15-4-3-5-17(30)10-15/h3-12,14,21,30H,13H2,1-2H3. The lowest BCUT2D eigenvalue weighted by Gasteiger charge is -2.26. The van der Waals surface area contributed by atoms with Gasteiger partial charge in [0.25, 0.3) is 0 Å². The molecule has 1 atom stereocenters. The molecule has 1 aromatic heterocycles. The van der Waals surface area contributed by atoms with Crippen LogP contribution in [0, 0.1) is 0 Å². The van der Waals surface area contributed by atoms with E-state index in [-0.39, 0.29) is 29.7 Å². The van der Waals surface area contributed by atoms with Crippen LogP contribution in [0.15, 0.2) is 66.6 Å². The molecule has 1 unspecified atom stereocenters. The SMILES string of the molecule is COc1ccc2c(c1)c(C=C1Oc3c(ccc4c3C(c3cccc(O)c3)CC(=O)O4)C1=O)cn2C. The van der Waals surface area contributed by atoms with Crippen LogP contribution in [0.2, 0.25) is 0 Å². The quantitative estimate of drug-likeness (QED) is 0.261. The lowest BCUT2D eigenvalue weighted by Crippen LogP contribution is -2.21. The van der Waals surface area contributed by atoms with E-state index >= 15 is 0 Å². The number of benzene rings is 3. The number of phenolic OH excluding ortho intramolecular Hbond substituents is 1. The van der Waals surface area contributed by atoms with Crippen LogP contribution in [0.4, 0.5) is 0 Å². The molecule has 6 rings (SSSR count). The van der Waals surface area contributed by atoms with E-state index in [0.717, 1.165) is 27.8 Å². The summed E-state index contributed by atoms with van der Waals surface area (Å²) in [4.78, 5) is 25.7. The highest BCUT2D eigenvalue weighted by atomic mass is 16.5. The van der Waals surface area contributed by atoms with Crippen molar-refractivity contribution >= 4 is 28.7 Å². The van der Waals surface area contributed by atoms with Crippen LogP contribution in [0.3, 0.4) is 0 Å². The fourth-order valence-electron chi connectivity index (χ4n) is 4.92. The number of Topliss-reactive ketones (excluding diaryl/α,β-unsaturated/α-hetero) is 1. The first kappa shape index (κ1) is 21.0. The third-order valence-electron chi connectivity index (χ3n) is 6.57. The minimum Gasteiger partial charge on any atom is -0.508 e. The molecule has 7 heteroatoms. The summed E-state index contributed by atoms with van der Waals surface area (Å²) in [5.41, 5.74) is 3.60. The van der Waals surface area contributed by atoms with E-state index in [1.54, 1.807) is 43.5 Å². The van der Waals surface area contributed by atoms with Gasteiger partial charge in [0.05, 0.1) is 19.1 Å². The predicted octanol–water partition coefficient (Wildman–Crippen LogP) is 4.95. The Labute approximate surface area is 200 Å². The molecule has 3 heterocycles. The molecule has 4 aromatic rings. The third-order valence-corrected chi connectivity index (χ3v) is 6.57. The maximum absolute atomic E-state index is 13.3. The van der Waals surface area contributed by atoms with Crippen LogP contribution in [0.1, 0.15) is 39.4 Å². The normalized spacial score (nSPS) is 17.8. The highest BCUT2D eigenvalue weighted by Gasteiger charge is 2.38. The van der Waals surface area contributed by atoms with Crippen molar-refractivity contribution in [1.82, 2.24) is 4.57 Å². The van der Waals surface area contributed by atoms with E-state index in [0.29, 0.717) is 22.6 Å². The maximum Gasteiger partial charge on any atom is 0.312 e. The maximum atomic E-state index is 13.3. The summed E-state index contributed by atoms with van der Waals surface area (Å²) in [6.45, 7) is 0. The van der Waals surface area contributed by atoms with Crippen molar-refractivity contribution < 1.29 is 28.9 Å². The van der Waals surface area contributed by atoms with E-state index in [2.05, 4.69) is 0 Å². The number of rotatable bonds is 3. The van der Waals surface area contributed by atoms with Crippen LogP contribution in [0.5, 0.6) is 23.0 Å². The Bertz CT molecular complexity index is 1580. The first-order valence-electron chi connectivity index (χ1n) is 11.2. The molecule has 0 bridgehead atoms. The van der Waals surface area contributed by atoms with E-state index < -0.39 is 5.92 Å². The van der Waals surface area contributed by atoms with Crippen molar-refractivity contribution in [1.29, 1.82) is 0 Å². The number of phenols is 1. The number of aryl methyl sites for hydroxylation is 1. The Kier molecular flexibility index (Phi) is 4.67. The number of aromatic hydroxyl groups is 1. The van der Waals surface area contributed by atoms with Crippen LogP contribution < -0.4 is 14.2 Å². The number of carbonyl (C=O) groups is 2. The number of methoxy groups -OCH3 is 1. The van der Waals surface area contributed by atoms with Gasteiger partial charge in [-0.25, -0.2) is 0 Å². The molecule has 0 saturated heterocycles. The fourth-order valence-corrected chi connectivity index (χ4v) is 4.92. The lowest BCUT2D eigenvalue weighted by molar-refractivity contribution is -0.135. The molecule has 35 heavy (non-hydrogen) atoms. The summed E-state index contributed by atoms with van der Waals surface area (Å²) in [5.74, 6) is 0.715. The second-order valence-corrected chi connectivity index (χ2v) is 8.70. The van der Waals surface area contributed by atoms with Gasteiger partial charge in [-0.05, 0) is 54.1 Å². The summed E-state index contributed by atoms with van der Waals surface area (Å²) in [6.07, 6.45) is 3.74. The van der Waals surface area contributed by atoms with Crippen molar-refractivity contribution in [3.05, 3.63) is 88.8 Å². The Morgan fingerprint density at radius 1 is 1.09 bits per heavy atom. The topological polar surface area (TPSA) is 87.0 Å². The van der Waals surface area contributed by atoms with Gasteiger partial charge in [0.15, 0.2) is 5.76 Å². The molecule has 7 nitrogen and oxygen atoms in total. The van der Waals surface area contributed by atoms with Crippen molar-refractivity contribution in [2.75, 3.05) is 7.11 Å². The van der Waals surface area contributed by atoms with Gasteiger partial charge in [0, 0.05) is 41.2 Å². The molecule has 0 aliphatic carbocycles. The molecule has 0 spiro atoms. The number of aromatic nitrogens is 1. The Hall–Kier alpha value is -4.52. The summed E-state index contributed by atoms with van der Waals surface area (Å²) in [6, 6.07) is 15.8. The molecular weight excluding hydrogens is 446 g/mol. The van der Waals surface area contributed by atoms with Gasteiger partial charge in [0.2, 0.25) is 5.78 Å². The van der Waals surface area contributed by atoms with Gasteiger partial charge in [-0.3, -0.25) is 9.59 Å². The van der Waals surface area contributed by atoms with Crippen molar-refractivity contribution in [2.24, 2.45) is 7.05 Å². The zero-order chi connectivity index (χ0) is 24.3. The molecule has 0 radical (unpaired) electrons. The number of allylic oxidation sites excluding steroid dienone is 1. The average Bonchev–Trinajstić information content (AvgIpc) is 3.34. The Balaban J connectivity index is 1.47. The van der Waals surface area contributed by atoms with Gasteiger partial charge in [0.1, 0.15) is 23.0 Å². The monoisotopic (exact) mass is 467 g/mol. The summed E-state index contributed by atoms with van der Waals surface area (Å²) in [5, 5.41) is 10.9. The molecule has 1 N–H and O–H groups in total. The van der Waals surface area contributed by atoms with E-state index in [1.165, 1.54) is 0 Å². The van der Waals surface area contributed by atoms with Gasteiger partial charge in [-0.2, -0.15) is 0 Å². The number of esters is 1. The zero-order valence-corrected chi connectivity index (χ0v) is 19.1. The molecule has 0 amide bonds. The first-order chi connectivity index (χ1) is 16.9. The van der Waals surface area contributed by atoms with E-state index in [9.17, 15) is 14.7 Å². The van der Waals surface area contributed by atoms with Gasteiger partial charge >= 0.3 is 5.97 Å². The summed E-state index contributed by atoms with van der Waals surface area (Å²) >= 11 is 0. The summed E-state index contributed by atoms with van der Waals surface area (Å²) in [7, 11) is 3.55. The van der Waals surface area contributed by atoms with Crippen molar-refractivity contribution in [2.45, 2.75) is 12.3 Å². The summed E-state index contributed by atoms with van der Waals surface area (Å²) < 4.78 is 19.0. The third kappa shape index (κ3) is 3.35. The molecule has 174 valence electrons. The highest BCUT2D eigenvalue weighted by molar-refractivity contribution is 6.15. The predicted molar refractivity (Wildman–Crippen MR) is 129 cm³/mol. The van der Waals surface area contributed by atoms with Crippen LogP contribution in [-0.4, -0.2) is 28.5 Å². The second-order valence-electron chi connectivity index (χ2n) is 8.70. The molecule has 2 aliphatic heterocycles. The van der Waals surface area contributed by atoms with Crippen LogP contribution in [0.25, 0.3) is 17.0 Å². The lowest BCUT2D eigenvalue weighted by atomic mass is 9.84. The number of fused-ring (bicyclic) bond motifs is 4. The number of hydrogen-bond acceptors (Lipinski definition) is 6. The minimum atomic E-state index is -0.415. The molecule has 3 aromatic carbocycles. The number of hydrogen-bond donors (Lipinski definition) is 1. The van der Waals surface area contributed by atoms with Crippen molar-refractivity contribution in [3.63, 3.8) is 0 Å². The number of carbonyl (C=O) groups excluding carboxylic acids is 2. The molecule has 0 fully saturated rings. The van der Waals surface area contributed by atoms with E-state index in [4.69, 9.17) is 14.2 Å². The molecular formula is C28H21NO6. The van der Waals surface area contributed by atoms with Gasteiger partial charge < -0.3 is 23.9 Å². The average molecular weight is 467 g/mol. The second kappa shape index (κ2) is 7.77. The minimum absolute atomic E-state index is 0.0760. The Morgan fingerprint density at radius 2 is 1.94 bits per heavy atom. The van der Waals surface area contributed by atoms with Crippen LogP contribution >= 0.6 is 0 Å². The molecule has 2 aliphatic rings. The van der Waals surface area contributed by atoms with Crippen LogP contribution in [-0.2, 0) is 11.8 Å². The Morgan fingerprint density at radius 3 is 2.74 bits per heavy atom. The number of ketones is 1. The van der Waals surface area contributed by atoms with Crippen molar-refractivity contribution in [3.8, 4) is 23.0 Å². The highest BCUT2D eigenvalue weighted by Crippen LogP contribution is 2.49. The van der Waals surface area contributed by atoms with Gasteiger partial charge in [-0.1, -0.05) is 12.1 Å². The fraction of sp³-hybridized carbons (Fsp3) is 0.143. The largest absolute Gasteiger partial charge is 0.508 e. The number of ether oxygens (including phenoxy) is 3. The first-order valence-corrected chi connectivity index (χ1v) is 11.2. The number of nitrogens with zero attached hydrogens (tertiary/aromatic N) is 1. The zero-order valence-electron chi connectivity index (χ0n) is 19.1. The smallest absolute Gasteiger partial charge is 0.312 e. The van der Waals surface area contributed by atoms with Gasteiger partial charge in [-0.15, -0.1) is 0 Å².